The standard InChI is InChI=1S/C10H19NO4S/c1-9(2,3)15-8(12)11-5-10(4)6-16(13,14)7-10/h5-7H2,1-4H3,(H,11,12). The van der Waals surface area contributed by atoms with E-state index in [1.807, 2.05) is 6.92 Å². The summed E-state index contributed by atoms with van der Waals surface area (Å²) in [6.07, 6.45) is -0.502. The van der Waals surface area contributed by atoms with E-state index in [1.54, 1.807) is 20.8 Å². The van der Waals surface area contributed by atoms with E-state index < -0.39 is 21.5 Å². The molecule has 6 heteroatoms. The van der Waals surface area contributed by atoms with Crippen molar-refractivity contribution in [2.75, 3.05) is 18.1 Å². The SMILES string of the molecule is CC1(CNC(=O)OC(C)(C)C)CS(=O)(=O)C1. The van der Waals surface area contributed by atoms with Gasteiger partial charge >= 0.3 is 6.09 Å². The van der Waals surface area contributed by atoms with Gasteiger partial charge in [0.25, 0.3) is 0 Å². The molecule has 1 fully saturated rings. The van der Waals surface area contributed by atoms with Gasteiger partial charge in [0.2, 0.25) is 0 Å². The first-order valence-corrected chi connectivity index (χ1v) is 7.01. The van der Waals surface area contributed by atoms with Crippen molar-refractivity contribution in [1.29, 1.82) is 0 Å². The van der Waals surface area contributed by atoms with Crippen LogP contribution >= 0.6 is 0 Å². The van der Waals surface area contributed by atoms with Crippen molar-refractivity contribution in [3.05, 3.63) is 0 Å². The van der Waals surface area contributed by atoms with Gasteiger partial charge in [-0.05, 0) is 20.8 Å². The predicted octanol–water partition coefficient (Wildman–Crippen LogP) is 0.946. The minimum Gasteiger partial charge on any atom is -0.444 e. The van der Waals surface area contributed by atoms with Gasteiger partial charge in [-0.15, -0.1) is 0 Å². The highest BCUT2D eigenvalue weighted by molar-refractivity contribution is 7.92. The largest absolute Gasteiger partial charge is 0.444 e. The van der Waals surface area contributed by atoms with Crippen LogP contribution in [0.2, 0.25) is 0 Å². The summed E-state index contributed by atoms with van der Waals surface area (Å²) < 4.78 is 27.1. The highest BCUT2D eigenvalue weighted by Crippen LogP contribution is 2.31. The van der Waals surface area contributed by atoms with Crippen LogP contribution in [0.15, 0.2) is 0 Å². The van der Waals surface area contributed by atoms with Crippen LogP contribution in [0.25, 0.3) is 0 Å². The Balaban J connectivity index is 2.34. The molecule has 1 saturated heterocycles. The lowest BCUT2D eigenvalue weighted by Gasteiger charge is -2.37. The Bertz CT molecular complexity index is 368. The van der Waals surface area contributed by atoms with Gasteiger partial charge in [0, 0.05) is 12.0 Å². The first-order chi connectivity index (χ1) is 7.02. The molecule has 1 aliphatic heterocycles. The van der Waals surface area contributed by atoms with Crippen molar-refractivity contribution in [3.63, 3.8) is 0 Å². The highest BCUT2D eigenvalue weighted by atomic mass is 32.2. The van der Waals surface area contributed by atoms with Crippen LogP contribution in [-0.2, 0) is 14.6 Å². The third kappa shape index (κ3) is 4.00. The van der Waals surface area contributed by atoms with Crippen molar-refractivity contribution in [2.45, 2.75) is 33.3 Å². The minimum atomic E-state index is -2.86. The molecular formula is C10H19NO4S. The molecule has 16 heavy (non-hydrogen) atoms. The number of nitrogens with one attached hydrogen (secondary N) is 1. The zero-order valence-corrected chi connectivity index (χ0v) is 11.0. The van der Waals surface area contributed by atoms with Gasteiger partial charge in [-0.1, -0.05) is 6.92 Å². The maximum atomic E-state index is 11.3. The van der Waals surface area contributed by atoms with Gasteiger partial charge in [-0.25, -0.2) is 13.2 Å². The van der Waals surface area contributed by atoms with E-state index in [-0.39, 0.29) is 16.9 Å². The summed E-state index contributed by atoms with van der Waals surface area (Å²) in [6.45, 7) is 7.51. The molecule has 5 nitrogen and oxygen atoms in total. The second-order valence-corrected chi connectivity index (χ2v) is 7.76. The minimum absolute atomic E-state index is 0.135. The van der Waals surface area contributed by atoms with Gasteiger partial charge in [0.05, 0.1) is 11.5 Å². The van der Waals surface area contributed by atoms with E-state index in [4.69, 9.17) is 4.74 Å². The molecule has 0 unspecified atom stereocenters. The number of carbonyl (C=O) groups is 1. The molecule has 0 aliphatic carbocycles. The summed E-state index contributed by atoms with van der Waals surface area (Å²) in [5.74, 6) is 0.269. The van der Waals surface area contributed by atoms with Gasteiger partial charge in [-0.2, -0.15) is 0 Å². The predicted molar refractivity (Wildman–Crippen MR) is 61.0 cm³/mol. The Morgan fingerprint density at radius 2 is 1.88 bits per heavy atom. The Labute approximate surface area is 96.5 Å². The fourth-order valence-corrected chi connectivity index (χ4v) is 3.96. The van der Waals surface area contributed by atoms with Crippen LogP contribution in [0.4, 0.5) is 4.79 Å². The summed E-state index contributed by atoms with van der Waals surface area (Å²) >= 11 is 0. The number of alkyl carbamates (subject to hydrolysis) is 1. The van der Waals surface area contributed by atoms with Crippen LogP contribution in [0.5, 0.6) is 0 Å². The van der Waals surface area contributed by atoms with E-state index in [2.05, 4.69) is 5.32 Å². The van der Waals surface area contributed by atoms with E-state index in [0.29, 0.717) is 6.54 Å². The third-order valence-corrected chi connectivity index (χ3v) is 4.47. The normalized spacial score (nSPS) is 22.0. The third-order valence-electron chi connectivity index (χ3n) is 2.20. The molecule has 0 radical (unpaired) electrons. The molecule has 1 amide bonds. The first-order valence-electron chi connectivity index (χ1n) is 5.19. The summed E-state index contributed by atoms with van der Waals surface area (Å²) in [6, 6.07) is 0. The zero-order chi connectivity index (χ0) is 12.6. The Morgan fingerprint density at radius 3 is 2.25 bits per heavy atom. The maximum absolute atomic E-state index is 11.3. The molecule has 0 aromatic rings. The van der Waals surface area contributed by atoms with E-state index in [0.717, 1.165) is 0 Å². The molecule has 0 bridgehead atoms. The molecule has 1 rings (SSSR count). The second-order valence-electron chi connectivity index (χ2n) is 5.70. The number of hydrogen-bond donors (Lipinski definition) is 1. The van der Waals surface area contributed by atoms with Gasteiger partial charge in [0.15, 0.2) is 9.84 Å². The fraction of sp³-hybridized carbons (Fsp3) is 0.900. The number of rotatable bonds is 2. The Kier molecular flexibility index (Phi) is 3.24. The second kappa shape index (κ2) is 3.91. The maximum Gasteiger partial charge on any atom is 0.407 e. The first kappa shape index (κ1) is 13.3. The zero-order valence-electron chi connectivity index (χ0n) is 10.2. The lowest BCUT2D eigenvalue weighted by atomic mass is 9.95. The Morgan fingerprint density at radius 1 is 1.38 bits per heavy atom. The smallest absolute Gasteiger partial charge is 0.407 e. The molecular weight excluding hydrogens is 230 g/mol. The molecule has 0 atom stereocenters. The number of sulfone groups is 1. The lowest BCUT2D eigenvalue weighted by molar-refractivity contribution is 0.0508. The van der Waals surface area contributed by atoms with Gasteiger partial charge < -0.3 is 10.1 Å². The fourth-order valence-electron chi connectivity index (χ4n) is 1.72. The number of amides is 1. The summed E-state index contributed by atoms with van der Waals surface area (Å²) in [7, 11) is -2.86. The number of carbonyl (C=O) groups excluding carboxylic acids is 1. The van der Waals surface area contributed by atoms with Crippen LogP contribution in [0.3, 0.4) is 0 Å². The van der Waals surface area contributed by atoms with Gasteiger partial charge in [0.1, 0.15) is 5.60 Å². The van der Waals surface area contributed by atoms with Crippen molar-refractivity contribution in [1.82, 2.24) is 5.32 Å². The van der Waals surface area contributed by atoms with Crippen molar-refractivity contribution in [3.8, 4) is 0 Å². The molecule has 0 aromatic heterocycles. The summed E-state index contributed by atoms with van der Waals surface area (Å²) in [5.41, 5.74) is -0.869. The monoisotopic (exact) mass is 249 g/mol. The average Bonchev–Trinajstić information content (AvgIpc) is 1.93. The van der Waals surface area contributed by atoms with Gasteiger partial charge in [-0.3, -0.25) is 0 Å². The van der Waals surface area contributed by atoms with E-state index in [9.17, 15) is 13.2 Å². The summed E-state index contributed by atoms with van der Waals surface area (Å²) in [5, 5.41) is 2.59. The molecule has 0 saturated carbocycles. The molecule has 94 valence electrons. The van der Waals surface area contributed by atoms with Crippen molar-refractivity contribution >= 4 is 15.9 Å². The number of hydrogen-bond acceptors (Lipinski definition) is 4. The summed E-state index contributed by atoms with van der Waals surface area (Å²) in [4.78, 5) is 11.3. The molecule has 1 heterocycles. The topological polar surface area (TPSA) is 72.5 Å². The van der Waals surface area contributed by atoms with Crippen LogP contribution in [-0.4, -0.2) is 38.2 Å². The van der Waals surface area contributed by atoms with Crippen molar-refractivity contribution in [2.24, 2.45) is 5.41 Å². The van der Waals surface area contributed by atoms with Crippen molar-refractivity contribution < 1.29 is 17.9 Å². The quantitative estimate of drug-likeness (QED) is 0.790. The molecule has 1 aliphatic rings. The molecule has 0 spiro atoms. The van der Waals surface area contributed by atoms with Crippen LogP contribution < -0.4 is 5.32 Å². The lowest BCUT2D eigenvalue weighted by Crippen LogP contribution is -2.53. The molecule has 0 aromatic carbocycles. The Hall–Kier alpha value is -0.780. The highest BCUT2D eigenvalue weighted by Gasteiger charge is 2.44. The number of ether oxygens (including phenoxy) is 1. The van der Waals surface area contributed by atoms with Crippen LogP contribution in [0.1, 0.15) is 27.7 Å². The average molecular weight is 249 g/mol. The van der Waals surface area contributed by atoms with E-state index >= 15 is 0 Å². The van der Waals surface area contributed by atoms with Crippen LogP contribution in [0, 0.1) is 5.41 Å². The van der Waals surface area contributed by atoms with E-state index in [1.165, 1.54) is 0 Å². The molecule has 1 N–H and O–H groups in total.